The molecule has 0 saturated heterocycles. The number of carbonyl (C=O) groups excluding carboxylic acids is 1. The Labute approximate surface area is 118 Å². The van der Waals surface area contributed by atoms with Crippen molar-refractivity contribution >= 4 is 17.6 Å². The first-order valence-corrected chi connectivity index (χ1v) is 6.51. The Bertz CT molecular complexity index is 437. The van der Waals surface area contributed by atoms with Gasteiger partial charge in [-0.2, -0.15) is 0 Å². The fourth-order valence-corrected chi connectivity index (χ4v) is 2.26. The summed E-state index contributed by atoms with van der Waals surface area (Å²) in [4.78, 5) is 11.2. The van der Waals surface area contributed by atoms with Crippen LogP contribution in [-0.4, -0.2) is 20.2 Å². The molecule has 5 heteroatoms. The number of methoxy groups -OCH3 is 2. The van der Waals surface area contributed by atoms with Crippen molar-refractivity contribution < 1.29 is 14.3 Å². The van der Waals surface area contributed by atoms with Crippen LogP contribution in [-0.2, 0) is 9.53 Å². The molecule has 0 fully saturated rings. The van der Waals surface area contributed by atoms with Gasteiger partial charge in [0.15, 0.2) is 0 Å². The van der Waals surface area contributed by atoms with Gasteiger partial charge in [0.25, 0.3) is 0 Å². The average Bonchev–Trinajstić information content (AvgIpc) is 2.37. The Morgan fingerprint density at radius 2 is 2.11 bits per heavy atom. The molecule has 2 atom stereocenters. The molecule has 1 aromatic carbocycles. The molecule has 0 aliphatic heterocycles. The molecule has 4 nitrogen and oxygen atoms in total. The van der Waals surface area contributed by atoms with E-state index in [-0.39, 0.29) is 17.9 Å². The lowest BCUT2D eigenvalue weighted by Crippen LogP contribution is -2.17. The second kappa shape index (κ2) is 7.36. The smallest absolute Gasteiger partial charge is 0.305 e. The Morgan fingerprint density at radius 3 is 2.63 bits per heavy atom. The molecule has 1 aromatic rings. The minimum absolute atomic E-state index is 0.139. The van der Waals surface area contributed by atoms with Crippen LogP contribution in [0.15, 0.2) is 18.2 Å². The molecule has 19 heavy (non-hydrogen) atoms. The van der Waals surface area contributed by atoms with Crippen molar-refractivity contribution in [1.82, 2.24) is 0 Å². The molecule has 0 spiro atoms. The van der Waals surface area contributed by atoms with Gasteiger partial charge in [-0.1, -0.05) is 24.6 Å². The molecule has 2 unspecified atom stereocenters. The van der Waals surface area contributed by atoms with Crippen LogP contribution in [0.2, 0.25) is 5.02 Å². The fraction of sp³-hybridized carbons (Fsp3) is 0.500. The fourth-order valence-electron chi connectivity index (χ4n) is 1.95. The summed E-state index contributed by atoms with van der Waals surface area (Å²) < 4.78 is 9.73. The van der Waals surface area contributed by atoms with E-state index in [1.807, 2.05) is 19.1 Å². The van der Waals surface area contributed by atoms with Crippen molar-refractivity contribution in [3.63, 3.8) is 0 Å². The molecular formula is C14H20ClNO3. The summed E-state index contributed by atoms with van der Waals surface area (Å²) in [5.41, 5.74) is 6.99. The lowest BCUT2D eigenvalue weighted by Gasteiger charge is -2.18. The zero-order valence-corrected chi connectivity index (χ0v) is 12.2. The lowest BCUT2D eigenvalue weighted by atomic mass is 9.94. The summed E-state index contributed by atoms with van der Waals surface area (Å²) in [6.07, 6.45) is 1.03. The van der Waals surface area contributed by atoms with E-state index in [1.165, 1.54) is 7.11 Å². The molecule has 0 bridgehead atoms. The highest BCUT2D eigenvalue weighted by Gasteiger charge is 2.17. The third-order valence-corrected chi connectivity index (χ3v) is 3.33. The standard InChI is InChI=1S/C14H20ClNO3/c1-9(7-14(17)19-3)6-13(16)11-5-4-10(18-2)8-12(11)15/h4-5,8-9,13H,6-7,16H2,1-3H3. The van der Waals surface area contributed by atoms with Crippen LogP contribution in [0.4, 0.5) is 0 Å². The van der Waals surface area contributed by atoms with Crippen molar-refractivity contribution in [3.8, 4) is 5.75 Å². The summed E-state index contributed by atoms with van der Waals surface area (Å²) in [5, 5.41) is 0.581. The number of halogens is 1. The number of esters is 1. The van der Waals surface area contributed by atoms with E-state index < -0.39 is 0 Å². The third-order valence-electron chi connectivity index (χ3n) is 3.01. The van der Waals surface area contributed by atoms with Gasteiger partial charge in [-0.15, -0.1) is 0 Å². The van der Waals surface area contributed by atoms with Crippen LogP contribution in [0, 0.1) is 5.92 Å². The summed E-state index contributed by atoms with van der Waals surface area (Å²) in [6, 6.07) is 5.21. The maximum atomic E-state index is 11.2. The van der Waals surface area contributed by atoms with Gasteiger partial charge >= 0.3 is 5.97 Å². The maximum Gasteiger partial charge on any atom is 0.305 e. The van der Waals surface area contributed by atoms with Crippen LogP contribution in [0.5, 0.6) is 5.75 Å². The van der Waals surface area contributed by atoms with Crippen LogP contribution >= 0.6 is 11.6 Å². The highest BCUT2D eigenvalue weighted by atomic mass is 35.5. The second-order valence-corrected chi connectivity index (χ2v) is 5.02. The van der Waals surface area contributed by atoms with Crippen LogP contribution in [0.1, 0.15) is 31.4 Å². The minimum Gasteiger partial charge on any atom is -0.497 e. The molecular weight excluding hydrogens is 266 g/mol. The van der Waals surface area contributed by atoms with Gasteiger partial charge in [0.05, 0.1) is 14.2 Å². The molecule has 2 N–H and O–H groups in total. The Balaban J connectivity index is 2.67. The number of benzene rings is 1. The monoisotopic (exact) mass is 285 g/mol. The van der Waals surface area contributed by atoms with Gasteiger partial charge in [0.2, 0.25) is 0 Å². The zero-order valence-electron chi connectivity index (χ0n) is 11.5. The SMILES string of the molecule is COC(=O)CC(C)CC(N)c1ccc(OC)cc1Cl. The van der Waals surface area contributed by atoms with Crippen molar-refractivity contribution in [2.24, 2.45) is 11.7 Å². The average molecular weight is 286 g/mol. The molecule has 0 heterocycles. The first-order chi connectivity index (χ1) is 8.97. The van der Waals surface area contributed by atoms with Crippen molar-refractivity contribution in [2.45, 2.75) is 25.8 Å². The summed E-state index contributed by atoms with van der Waals surface area (Å²) >= 11 is 6.17. The van der Waals surface area contributed by atoms with Crippen molar-refractivity contribution in [2.75, 3.05) is 14.2 Å². The van der Waals surface area contributed by atoms with Gasteiger partial charge in [-0.25, -0.2) is 0 Å². The quantitative estimate of drug-likeness (QED) is 0.816. The summed E-state index contributed by atoms with van der Waals surface area (Å²) in [5.74, 6) is 0.615. The van der Waals surface area contributed by atoms with E-state index in [2.05, 4.69) is 4.74 Å². The van der Waals surface area contributed by atoms with Crippen LogP contribution in [0.3, 0.4) is 0 Å². The predicted octanol–water partition coefficient (Wildman–Crippen LogP) is 2.94. The summed E-state index contributed by atoms with van der Waals surface area (Å²) in [7, 11) is 2.97. The molecule has 0 amide bonds. The van der Waals surface area contributed by atoms with E-state index in [4.69, 9.17) is 22.1 Å². The Kier molecular flexibility index (Phi) is 6.12. The molecule has 0 saturated carbocycles. The first kappa shape index (κ1) is 15.8. The summed E-state index contributed by atoms with van der Waals surface area (Å²) in [6.45, 7) is 1.97. The number of carbonyl (C=O) groups is 1. The van der Waals surface area contributed by atoms with E-state index in [0.29, 0.717) is 23.6 Å². The largest absolute Gasteiger partial charge is 0.497 e. The van der Waals surface area contributed by atoms with Gasteiger partial charge in [-0.3, -0.25) is 4.79 Å². The van der Waals surface area contributed by atoms with Gasteiger partial charge < -0.3 is 15.2 Å². The van der Waals surface area contributed by atoms with E-state index >= 15 is 0 Å². The molecule has 0 aliphatic carbocycles. The first-order valence-electron chi connectivity index (χ1n) is 6.13. The molecule has 0 aliphatic rings. The highest BCUT2D eigenvalue weighted by molar-refractivity contribution is 6.31. The van der Waals surface area contributed by atoms with Gasteiger partial charge in [-0.05, 0) is 30.0 Å². The number of hydrogen-bond acceptors (Lipinski definition) is 4. The minimum atomic E-state index is -0.222. The van der Waals surface area contributed by atoms with E-state index in [9.17, 15) is 4.79 Å². The van der Waals surface area contributed by atoms with E-state index in [1.54, 1.807) is 13.2 Å². The van der Waals surface area contributed by atoms with Gasteiger partial charge in [0, 0.05) is 17.5 Å². The van der Waals surface area contributed by atoms with E-state index in [0.717, 1.165) is 5.56 Å². The van der Waals surface area contributed by atoms with Crippen LogP contribution < -0.4 is 10.5 Å². The maximum absolute atomic E-state index is 11.2. The zero-order chi connectivity index (χ0) is 14.4. The number of hydrogen-bond donors (Lipinski definition) is 1. The van der Waals surface area contributed by atoms with Crippen molar-refractivity contribution in [3.05, 3.63) is 28.8 Å². The molecule has 0 radical (unpaired) electrons. The number of ether oxygens (including phenoxy) is 2. The molecule has 1 rings (SSSR count). The number of nitrogens with two attached hydrogens (primary N) is 1. The normalized spacial score (nSPS) is 13.7. The molecule has 106 valence electrons. The number of rotatable bonds is 6. The third kappa shape index (κ3) is 4.73. The van der Waals surface area contributed by atoms with Crippen molar-refractivity contribution in [1.29, 1.82) is 0 Å². The highest BCUT2D eigenvalue weighted by Crippen LogP contribution is 2.30. The Morgan fingerprint density at radius 1 is 1.42 bits per heavy atom. The lowest BCUT2D eigenvalue weighted by molar-refractivity contribution is -0.141. The van der Waals surface area contributed by atoms with Gasteiger partial charge in [0.1, 0.15) is 5.75 Å². The predicted molar refractivity (Wildman–Crippen MR) is 75.3 cm³/mol. The Hall–Kier alpha value is -1.26. The molecule has 0 aromatic heterocycles. The van der Waals surface area contributed by atoms with Crippen LogP contribution in [0.25, 0.3) is 0 Å². The topological polar surface area (TPSA) is 61.5 Å². The second-order valence-electron chi connectivity index (χ2n) is 4.62.